The third kappa shape index (κ3) is 5.46. The maximum atomic E-state index is 14.2. The van der Waals surface area contributed by atoms with Crippen LogP contribution in [0.25, 0.3) is 6.08 Å². The van der Waals surface area contributed by atoms with Gasteiger partial charge in [-0.1, -0.05) is 18.2 Å². The molecule has 0 nitrogen and oxygen atoms in total. The van der Waals surface area contributed by atoms with E-state index < -0.39 is 12.0 Å². The number of halogens is 4. The van der Waals surface area contributed by atoms with Gasteiger partial charge >= 0.3 is 6.18 Å². The van der Waals surface area contributed by atoms with Gasteiger partial charge in [-0.25, -0.2) is 4.39 Å². The summed E-state index contributed by atoms with van der Waals surface area (Å²) in [5, 5.41) is 0. The molecule has 2 aliphatic carbocycles. The Labute approximate surface area is 159 Å². The summed E-state index contributed by atoms with van der Waals surface area (Å²) in [6.07, 6.45) is 8.08. The zero-order valence-electron chi connectivity index (χ0n) is 15.6. The van der Waals surface area contributed by atoms with Gasteiger partial charge in [0.2, 0.25) is 0 Å². The van der Waals surface area contributed by atoms with E-state index in [1.54, 1.807) is 6.07 Å². The molecule has 148 valence electrons. The van der Waals surface area contributed by atoms with E-state index in [0.29, 0.717) is 11.8 Å². The lowest BCUT2D eigenvalue weighted by Crippen LogP contribution is -2.25. The number of allylic oxidation sites excluding steroid dienone is 2. The first-order valence-corrected chi connectivity index (χ1v) is 10.0. The molecule has 3 rings (SSSR count). The van der Waals surface area contributed by atoms with E-state index in [4.69, 9.17) is 0 Å². The average Bonchev–Trinajstić information content (AvgIpc) is 2.66. The van der Waals surface area contributed by atoms with E-state index in [1.165, 1.54) is 50.7 Å². The lowest BCUT2D eigenvalue weighted by Gasteiger charge is -2.37. The Balaban J connectivity index is 1.56. The number of hydrogen-bond acceptors (Lipinski definition) is 0. The van der Waals surface area contributed by atoms with Crippen LogP contribution in [0.3, 0.4) is 0 Å². The summed E-state index contributed by atoms with van der Waals surface area (Å²) in [7, 11) is 0. The zero-order valence-corrected chi connectivity index (χ0v) is 15.6. The van der Waals surface area contributed by atoms with Crippen molar-refractivity contribution in [3.8, 4) is 0 Å². The third-order valence-corrected chi connectivity index (χ3v) is 6.54. The SMILES string of the molecule is C=CC1CCC(C2CCC(c3ccc(C=CC(F)(F)F)c(F)c3)CC2)CC1. The lowest BCUT2D eigenvalue weighted by atomic mass is 9.68. The van der Waals surface area contributed by atoms with Crippen LogP contribution in [-0.4, -0.2) is 6.18 Å². The van der Waals surface area contributed by atoms with Gasteiger partial charge in [0.1, 0.15) is 5.82 Å². The molecule has 0 saturated heterocycles. The highest BCUT2D eigenvalue weighted by atomic mass is 19.4. The van der Waals surface area contributed by atoms with Crippen molar-refractivity contribution in [1.82, 2.24) is 0 Å². The highest BCUT2D eigenvalue weighted by Gasteiger charge is 2.31. The minimum absolute atomic E-state index is 0.0104. The Bertz CT molecular complexity index is 657. The summed E-state index contributed by atoms with van der Waals surface area (Å²) in [6.45, 7) is 3.91. The van der Waals surface area contributed by atoms with Gasteiger partial charge in [-0.15, -0.1) is 6.58 Å². The van der Waals surface area contributed by atoms with Crippen molar-refractivity contribution in [3.05, 3.63) is 53.9 Å². The topological polar surface area (TPSA) is 0 Å². The number of benzene rings is 1. The monoisotopic (exact) mass is 380 g/mol. The summed E-state index contributed by atoms with van der Waals surface area (Å²) < 4.78 is 51.0. The lowest BCUT2D eigenvalue weighted by molar-refractivity contribution is -0.0790. The van der Waals surface area contributed by atoms with E-state index in [-0.39, 0.29) is 11.6 Å². The largest absolute Gasteiger partial charge is 0.409 e. The van der Waals surface area contributed by atoms with Crippen molar-refractivity contribution in [2.24, 2.45) is 17.8 Å². The predicted octanol–water partition coefficient (Wildman–Crippen LogP) is 7.67. The standard InChI is InChI=1S/C23H28F4/c1-2-16-3-5-17(6-4-16)18-7-9-19(10-8-18)21-12-11-20(22(24)15-21)13-14-23(25,26)27/h2,11-19H,1,3-10H2. The molecule has 0 radical (unpaired) electrons. The normalized spacial score (nSPS) is 29.8. The highest BCUT2D eigenvalue weighted by molar-refractivity contribution is 5.51. The van der Waals surface area contributed by atoms with Gasteiger partial charge in [-0.05, 0) is 92.7 Å². The quantitative estimate of drug-likeness (QED) is 0.371. The van der Waals surface area contributed by atoms with Gasteiger partial charge in [-0.3, -0.25) is 0 Å². The molecule has 0 N–H and O–H groups in total. The molecule has 0 aliphatic heterocycles. The average molecular weight is 380 g/mol. The van der Waals surface area contributed by atoms with E-state index in [0.717, 1.165) is 36.3 Å². The Kier molecular flexibility index (Phi) is 6.44. The highest BCUT2D eigenvalue weighted by Crippen LogP contribution is 2.44. The van der Waals surface area contributed by atoms with Crippen LogP contribution in [0.5, 0.6) is 0 Å². The van der Waals surface area contributed by atoms with E-state index >= 15 is 0 Å². The van der Waals surface area contributed by atoms with Gasteiger partial charge in [-0.2, -0.15) is 13.2 Å². The van der Waals surface area contributed by atoms with Crippen LogP contribution in [0, 0.1) is 23.6 Å². The van der Waals surface area contributed by atoms with Crippen LogP contribution in [0.1, 0.15) is 68.4 Å². The minimum atomic E-state index is -4.42. The van der Waals surface area contributed by atoms with Gasteiger partial charge in [0.25, 0.3) is 0 Å². The van der Waals surface area contributed by atoms with Crippen LogP contribution >= 0.6 is 0 Å². The van der Waals surface area contributed by atoms with E-state index in [2.05, 4.69) is 12.7 Å². The zero-order chi connectivity index (χ0) is 19.4. The molecular weight excluding hydrogens is 352 g/mol. The van der Waals surface area contributed by atoms with Crippen LogP contribution in [0.15, 0.2) is 36.9 Å². The second-order valence-electron chi connectivity index (χ2n) is 8.18. The molecule has 1 aromatic carbocycles. The minimum Gasteiger partial charge on any atom is -0.206 e. The summed E-state index contributed by atoms with van der Waals surface area (Å²) in [6, 6.07) is 4.69. The number of rotatable bonds is 4. The molecule has 2 saturated carbocycles. The van der Waals surface area contributed by atoms with E-state index in [1.807, 2.05) is 0 Å². The Morgan fingerprint density at radius 1 is 0.889 bits per heavy atom. The number of alkyl halides is 3. The fraction of sp³-hybridized carbons (Fsp3) is 0.565. The maximum absolute atomic E-state index is 14.2. The van der Waals surface area contributed by atoms with Gasteiger partial charge in [0, 0.05) is 11.6 Å². The van der Waals surface area contributed by atoms with Crippen molar-refractivity contribution in [2.45, 2.75) is 63.5 Å². The summed E-state index contributed by atoms with van der Waals surface area (Å²) in [5.41, 5.74) is 0.911. The van der Waals surface area contributed by atoms with Crippen molar-refractivity contribution in [3.63, 3.8) is 0 Å². The second-order valence-corrected chi connectivity index (χ2v) is 8.18. The van der Waals surface area contributed by atoms with E-state index in [9.17, 15) is 17.6 Å². The molecule has 0 aromatic heterocycles. The molecule has 0 atom stereocenters. The molecule has 0 bridgehead atoms. The predicted molar refractivity (Wildman–Crippen MR) is 102 cm³/mol. The Morgan fingerprint density at radius 3 is 2.00 bits per heavy atom. The Morgan fingerprint density at radius 2 is 1.48 bits per heavy atom. The van der Waals surface area contributed by atoms with Crippen molar-refractivity contribution < 1.29 is 17.6 Å². The van der Waals surface area contributed by atoms with Crippen molar-refractivity contribution >= 4 is 6.08 Å². The fourth-order valence-electron chi connectivity index (χ4n) is 4.89. The van der Waals surface area contributed by atoms with Gasteiger partial charge < -0.3 is 0 Å². The molecule has 0 amide bonds. The first-order chi connectivity index (χ1) is 12.9. The molecule has 4 heteroatoms. The van der Waals surface area contributed by atoms with Crippen LogP contribution in [0.4, 0.5) is 17.6 Å². The smallest absolute Gasteiger partial charge is 0.206 e. The van der Waals surface area contributed by atoms with Crippen LogP contribution in [0.2, 0.25) is 0 Å². The fourth-order valence-corrected chi connectivity index (χ4v) is 4.89. The van der Waals surface area contributed by atoms with Crippen LogP contribution in [-0.2, 0) is 0 Å². The molecule has 1 aromatic rings. The first-order valence-electron chi connectivity index (χ1n) is 10.0. The summed E-state index contributed by atoms with van der Waals surface area (Å²) >= 11 is 0. The van der Waals surface area contributed by atoms with Crippen molar-refractivity contribution in [1.29, 1.82) is 0 Å². The summed E-state index contributed by atoms with van der Waals surface area (Å²) in [5.74, 6) is 2.02. The molecular formula is C23H28F4. The molecule has 2 fully saturated rings. The molecule has 27 heavy (non-hydrogen) atoms. The van der Waals surface area contributed by atoms with Crippen molar-refractivity contribution in [2.75, 3.05) is 0 Å². The third-order valence-electron chi connectivity index (χ3n) is 6.54. The Hall–Kier alpha value is -1.58. The molecule has 0 unspecified atom stereocenters. The van der Waals surface area contributed by atoms with Crippen LogP contribution < -0.4 is 0 Å². The maximum Gasteiger partial charge on any atom is 0.409 e. The van der Waals surface area contributed by atoms with Gasteiger partial charge in [0.05, 0.1) is 0 Å². The molecule has 0 heterocycles. The number of hydrogen-bond donors (Lipinski definition) is 0. The van der Waals surface area contributed by atoms with Gasteiger partial charge in [0.15, 0.2) is 0 Å². The summed E-state index contributed by atoms with van der Waals surface area (Å²) in [4.78, 5) is 0. The first kappa shape index (κ1) is 20.2. The molecule has 0 spiro atoms. The second kappa shape index (κ2) is 8.62. The molecule has 2 aliphatic rings.